The van der Waals surface area contributed by atoms with Crippen molar-refractivity contribution >= 4 is 23.9 Å². The molecule has 0 aromatic carbocycles. The monoisotopic (exact) mass is 267 g/mol. The normalized spacial score (nSPS) is 7.07. The first-order valence-electron chi connectivity index (χ1n) is 2.54. The molecule has 11 heteroatoms. The molecule has 0 amide bonds. The van der Waals surface area contributed by atoms with Crippen LogP contribution < -0.4 is 0 Å². The van der Waals surface area contributed by atoms with E-state index in [9.17, 15) is 19.2 Å². The van der Waals surface area contributed by atoms with Crippen LogP contribution in [0.25, 0.3) is 0 Å². The van der Waals surface area contributed by atoms with Crippen molar-refractivity contribution in [1.29, 1.82) is 0 Å². The molecule has 0 aliphatic rings. The molecule has 0 aliphatic heterocycles. The first-order chi connectivity index (χ1) is 6.36. The van der Waals surface area contributed by atoms with Crippen molar-refractivity contribution in [2.24, 2.45) is 0 Å². The Morgan fingerprint density at radius 1 is 0.733 bits per heavy atom. The van der Waals surface area contributed by atoms with Crippen LogP contribution in [0.1, 0.15) is 0 Å². The van der Waals surface area contributed by atoms with Gasteiger partial charge in [-0.3, -0.25) is 9.78 Å². The maximum atomic E-state index is 9.44. The Hall–Kier alpha value is -1.68. The second-order valence-corrected chi connectivity index (χ2v) is 1.37. The van der Waals surface area contributed by atoms with Crippen molar-refractivity contribution < 1.29 is 66.7 Å². The minimum Gasteiger partial charge on any atom is -0.473 e. The van der Waals surface area contributed by atoms with E-state index in [2.05, 4.69) is 9.78 Å². The zero-order valence-corrected chi connectivity index (χ0v) is 7.80. The number of aliphatic carboxylic acids is 2. The van der Waals surface area contributed by atoms with E-state index >= 15 is 0 Å². The summed E-state index contributed by atoms with van der Waals surface area (Å²) in [6.07, 6.45) is 0. The fraction of sp³-hybridized carbons (Fsp3) is 0. The summed E-state index contributed by atoms with van der Waals surface area (Å²) in [6, 6.07) is 0. The van der Waals surface area contributed by atoms with E-state index in [4.69, 9.17) is 20.7 Å². The van der Waals surface area contributed by atoms with Crippen LogP contribution in [0.5, 0.6) is 0 Å². The molecule has 0 unspecified atom stereocenters. The molecule has 87 valence electrons. The number of hydrogen-bond donors (Lipinski definition) is 4. The van der Waals surface area contributed by atoms with Crippen molar-refractivity contribution in [2.45, 2.75) is 0 Å². The van der Waals surface area contributed by atoms with Crippen LogP contribution in [0, 0.1) is 0 Å². The zero-order chi connectivity index (χ0) is 11.7. The molecule has 0 spiro atoms. The van der Waals surface area contributed by atoms with Crippen molar-refractivity contribution in [3.05, 3.63) is 0 Å². The molecule has 0 bridgehead atoms. The van der Waals surface area contributed by atoms with Gasteiger partial charge < -0.3 is 10.2 Å². The molecule has 15 heavy (non-hydrogen) atoms. The summed E-state index contributed by atoms with van der Waals surface area (Å²) >= 11 is 0. The molecule has 0 aromatic rings. The third-order valence-corrected chi connectivity index (χ3v) is 0.515. The van der Waals surface area contributed by atoms with E-state index in [1.165, 1.54) is 0 Å². The summed E-state index contributed by atoms with van der Waals surface area (Å²) in [5, 5.41) is 29.6. The van der Waals surface area contributed by atoms with Gasteiger partial charge in [-0.25, -0.2) is 19.2 Å². The average molecular weight is 267 g/mol. The second kappa shape index (κ2) is 10.4. The summed E-state index contributed by atoms with van der Waals surface area (Å²) in [5.41, 5.74) is 0. The van der Waals surface area contributed by atoms with Gasteiger partial charge in [0.05, 0.1) is 0 Å². The van der Waals surface area contributed by atoms with E-state index in [0.717, 1.165) is 0 Å². The molecule has 10 nitrogen and oxygen atoms in total. The fourth-order valence-electron chi connectivity index (χ4n) is 0.0781. The van der Waals surface area contributed by atoms with Gasteiger partial charge in [-0.05, 0) is 0 Å². The molecule has 0 heterocycles. The van der Waals surface area contributed by atoms with Crippen molar-refractivity contribution in [2.75, 3.05) is 0 Å². The molecule has 0 aliphatic carbocycles. The van der Waals surface area contributed by atoms with Gasteiger partial charge in [-0.15, -0.1) is 0 Å². The number of rotatable bonds is 0. The van der Waals surface area contributed by atoms with E-state index in [-0.39, 0.29) is 17.1 Å². The van der Waals surface area contributed by atoms with Crippen molar-refractivity contribution in [3.63, 3.8) is 0 Å². The van der Waals surface area contributed by atoms with Crippen LogP contribution in [0.3, 0.4) is 0 Å². The van der Waals surface area contributed by atoms with E-state index < -0.39 is 23.9 Å². The number of carboxylic acids is 2. The topological polar surface area (TPSA) is 168 Å². The van der Waals surface area contributed by atoms with Crippen molar-refractivity contribution in [1.82, 2.24) is 0 Å². The molecule has 0 saturated carbocycles. The SMILES string of the molecule is O=C(O)C(=O)OO.O=C(O)C(=O)OO.[Mn]. The maximum Gasteiger partial charge on any atom is 0.449 e. The standard InChI is InChI=1S/2C2H2O5.Mn/c2*3-1(4)2(5)7-6;/h2*6H,(H,3,4);. The summed E-state index contributed by atoms with van der Waals surface area (Å²) in [4.78, 5) is 43.0. The smallest absolute Gasteiger partial charge is 0.449 e. The Morgan fingerprint density at radius 2 is 0.933 bits per heavy atom. The Bertz CT molecular complexity index is 220. The second-order valence-electron chi connectivity index (χ2n) is 1.37. The molecular formula is C4H4MnO10. The van der Waals surface area contributed by atoms with E-state index in [0.29, 0.717) is 0 Å². The Kier molecular flexibility index (Phi) is 13.2. The van der Waals surface area contributed by atoms with E-state index in [1.807, 2.05) is 0 Å². The minimum absolute atomic E-state index is 0. The first-order valence-corrected chi connectivity index (χ1v) is 2.54. The van der Waals surface area contributed by atoms with Gasteiger partial charge in [0.25, 0.3) is 0 Å². The Balaban J connectivity index is -0.000000180. The van der Waals surface area contributed by atoms with E-state index in [1.54, 1.807) is 0 Å². The molecular weight excluding hydrogens is 263 g/mol. The summed E-state index contributed by atoms with van der Waals surface area (Å²) in [7, 11) is 0. The van der Waals surface area contributed by atoms with Crippen LogP contribution in [0.15, 0.2) is 0 Å². The number of hydrogen-bond acceptors (Lipinski definition) is 8. The van der Waals surface area contributed by atoms with Gasteiger partial charge in [0.1, 0.15) is 0 Å². The van der Waals surface area contributed by atoms with Crippen LogP contribution in [0.2, 0.25) is 0 Å². The number of carboxylic acid groups (broad SMARTS) is 2. The number of carbonyl (C=O) groups excluding carboxylic acids is 2. The van der Waals surface area contributed by atoms with Gasteiger partial charge in [0.2, 0.25) is 0 Å². The zero-order valence-electron chi connectivity index (χ0n) is 6.62. The predicted octanol–water partition coefficient (Wildman–Crippen LogP) is -1.83. The van der Waals surface area contributed by atoms with Gasteiger partial charge in [0.15, 0.2) is 0 Å². The van der Waals surface area contributed by atoms with Gasteiger partial charge in [0, 0.05) is 17.1 Å². The molecule has 4 N–H and O–H groups in total. The van der Waals surface area contributed by atoms with Crippen molar-refractivity contribution in [3.8, 4) is 0 Å². The largest absolute Gasteiger partial charge is 0.473 e. The van der Waals surface area contributed by atoms with Crippen LogP contribution in [-0.4, -0.2) is 44.6 Å². The summed E-state index contributed by atoms with van der Waals surface area (Å²) in [5.74, 6) is -7.00. The van der Waals surface area contributed by atoms with Gasteiger partial charge >= 0.3 is 23.9 Å². The molecule has 1 radical (unpaired) electrons. The third-order valence-electron chi connectivity index (χ3n) is 0.515. The Labute approximate surface area is 91.3 Å². The van der Waals surface area contributed by atoms with Crippen LogP contribution in [0.4, 0.5) is 0 Å². The Morgan fingerprint density at radius 3 is 0.933 bits per heavy atom. The maximum absolute atomic E-state index is 9.44. The fourth-order valence-corrected chi connectivity index (χ4v) is 0.0781. The molecule has 0 atom stereocenters. The minimum atomic E-state index is -1.82. The third kappa shape index (κ3) is 12.3. The quantitative estimate of drug-likeness (QED) is 0.169. The van der Waals surface area contributed by atoms with Gasteiger partial charge in [-0.2, -0.15) is 10.5 Å². The number of carbonyl (C=O) groups is 4. The average Bonchev–Trinajstić information content (AvgIpc) is 2.15. The first kappa shape index (κ1) is 19.0. The molecule has 0 saturated heterocycles. The molecule has 0 fully saturated rings. The van der Waals surface area contributed by atoms with Gasteiger partial charge in [-0.1, -0.05) is 0 Å². The van der Waals surface area contributed by atoms with Crippen LogP contribution in [-0.2, 0) is 46.0 Å². The molecule has 0 rings (SSSR count). The summed E-state index contributed by atoms with van der Waals surface area (Å²) in [6.45, 7) is 0. The summed E-state index contributed by atoms with van der Waals surface area (Å²) < 4.78 is 0. The predicted molar refractivity (Wildman–Crippen MR) is 32.7 cm³/mol. The van der Waals surface area contributed by atoms with Crippen LogP contribution >= 0.6 is 0 Å². The molecule has 0 aromatic heterocycles.